The van der Waals surface area contributed by atoms with Crippen LogP contribution in [-0.2, 0) is 4.74 Å². The summed E-state index contributed by atoms with van der Waals surface area (Å²) in [4.78, 5) is 15.9. The summed E-state index contributed by atoms with van der Waals surface area (Å²) in [5, 5.41) is 3.20. The Bertz CT molecular complexity index is 433. The van der Waals surface area contributed by atoms with Crippen molar-refractivity contribution in [2.45, 2.75) is 19.4 Å². The first-order valence-electron chi connectivity index (χ1n) is 5.88. The summed E-state index contributed by atoms with van der Waals surface area (Å²) in [5.74, 6) is 0.370. The molecule has 0 spiro atoms. The van der Waals surface area contributed by atoms with E-state index in [-0.39, 0.29) is 22.9 Å². The fourth-order valence-electron chi connectivity index (χ4n) is 1.99. The molecule has 1 aromatic heterocycles. The smallest absolute Gasteiger partial charge is 0.251 e. The topological polar surface area (TPSA) is 77.2 Å². The Kier molecular flexibility index (Phi) is 4.04. The Morgan fingerprint density at radius 3 is 3.06 bits per heavy atom. The fraction of sp³-hybridized carbons (Fsp3) is 0.500. The van der Waals surface area contributed by atoms with E-state index < -0.39 is 0 Å². The molecule has 6 heteroatoms. The maximum atomic E-state index is 12.1. The predicted molar refractivity (Wildman–Crippen MR) is 69.5 cm³/mol. The van der Waals surface area contributed by atoms with Gasteiger partial charge in [0.25, 0.3) is 5.91 Å². The van der Waals surface area contributed by atoms with E-state index in [1.165, 1.54) is 12.1 Å². The van der Waals surface area contributed by atoms with Gasteiger partial charge in [0, 0.05) is 18.2 Å². The molecular weight excluding hydrogens is 254 g/mol. The lowest BCUT2D eigenvalue weighted by Crippen LogP contribution is -2.44. The van der Waals surface area contributed by atoms with Crippen molar-refractivity contribution in [3.05, 3.63) is 22.8 Å². The molecule has 1 fully saturated rings. The van der Waals surface area contributed by atoms with Gasteiger partial charge in [0.2, 0.25) is 0 Å². The number of nitrogen functional groups attached to an aromatic ring is 1. The highest BCUT2D eigenvalue weighted by molar-refractivity contribution is 6.29. The summed E-state index contributed by atoms with van der Waals surface area (Å²) in [6.07, 6.45) is 0.821. The van der Waals surface area contributed by atoms with Crippen LogP contribution in [0.1, 0.15) is 23.7 Å². The Balaban J connectivity index is 2.06. The molecule has 0 saturated carbocycles. The molecule has 1 aliphatic rings. The number of carbonyl (C=O) groups excluding carboxylic acids is 1. The second-order valence-electron chi connectivity index (χ2n) is 4.52. The second kappa shape index (κ2) is 5.54. The lowest BCUT2D eigenvalue weighted by molar-refractivity contribution is 0.0375. The Morgan fingerprint density at radius 2 is 2.39 bits per heavy atom. The van der Waals surface area contributed by atoms with Crippen molar-refractivity contribution in [3.63, 3.8) is 0 Å². The van der Waals surface area contributed by atoms with Crippen LogP contribution in [0.15, 0.2) is 12.1 Å². The number of carbonyl (C=O) groups is 1. The highest BCUT2D eigenvalue weighted by atomic mass is 35.5. The third-order valence-corrected chi connectivity index (χ3v) is 3.23. The van der Waals surface area contributed by atoms with Crippen LogP contribution in [0.4, 0.5) is 5.82 Å². The van der Waals surface area contributed by atoms with E-state index in [1.54, 1.807) is 0 Å². The van der Waals surface area contributed by atoms with Gasteiger partial charge in [-0.3, -0.25) is 4.79 Å². The van der Waals surface area contributed by atoms with Crippen molar-refractivity contribution in [1.29, 1.82) is 0 Å². The van der Waals surface area contributed by atoms with Crippen LogP contribution in [-0.4, -0.2) is 30.1 Å². The lowest BCUT2D eigenvalue weighted by Gasteiger charge is -2.29. The molecule has 5 nitrogen and oxygen atoms in total. The number of halogens is 1. The van der Waals surface area contributed by atoms with Crippen molar-refractivity contribution in [3.8, 4) is 0 Å². The average molecular weight is 270 g/mol. The first kappa shape index (κ1) is 13.1. The van der Waals surface area contributed by atoms with Crippen LogP contribution in [0.2, 0.25) is 5.15 Å². The number of hydrogen-bond acceptors (Lipinski definition) is 4. The monoisotopic (exact) mass is 269 g/mol. The highest BCUT2D eigenvalue weighted by Crippen LogP contribution is 2.16. The van der Waals surface area contributed by atoms with Crippen LogP contribution < -0.4 is 11.1 Å². The molecule has 3 N–H and O–H groups in total. The normalized spacial score (nSPS) is 23.7. The van der Waals surface area contributed by atoms with Crippen LogP contribution in [0, 0.1) is 5.92 Å². The zero-order valence-electron chi connectivity index (χ0n) is 10.1. The number of hydrogen-bond donors (Lipinski definition) is 2. The average Bonchev–Trinajstić information content (AvgIpc) is 2.31. The molecular formula is C12H16ClN3O2. The van der Waals surface area contributed by atoms with Crippen LogP contribution in [0.3, 0.4) is 0 Å². The summed E-state index contributed by atoms with van der Waals surface area (Å²) in [6, 6.07) is 3.15. The largest absolute Gasteiger partial charge is 0.384 e. The molecule has 0 radical (unpaired) electrons. The molecule has 2 rings (SSSR count). The second-order valence-corrected chi connectivity index (χ2v) is 4.91. The maximum absolute atomic E-state index is 12.1. The number of aromatic nitrogens is 1. The van der Waals surface area contributed by atoms with Gasteiger partial charge in [-0.05, 0) is 24.5 Å². The van der Waals surface area contributed by atoms with Gasteiger partial charge in [-0.1, -0.05) is 18.5 Å². The molecule has 1 amide bonds. The minimum atomic E-state index is -0.176. The minimum Gasteiger partial charge on any atom is -0.384 e. The molecule has 1 saturated heterocycles. The third kappa shape index (κ3) is 3.11. The van der Waals surface area contributed by atoms with Gasteiger partial charge in [-0.25, -0.2) is 4.98 Å². The van der Waals surface area contributed by atoms with Crippen molar-refractivity contribution in [2.24, 2.45) is 5.92 Å². The van der Waals surface area contributed by atoms with Gasteiger partial charge < -0.3 is 15.8 Å². The first-order valence-corrected chi connectivity index (χ1v) is 6.25. The molecule has 2 heterocycles. The Morgan fingerprint density at radius 1 is 1.61 bits per heavy atom. The fourth-order valence-corrected chi connectivity index (χ4v) is 2.21. The van der Waals surface area contributed by atoms with E-state index in [4.69, 9.17) is 22.1 Å². The number of nitrogens with one attached hydrogen (secondary N) is 1. The van der Waals surface area contributed by atoms with Crippen molar-refractivity contribution < 1.29 is 9.53 Å². The van der Waals surface area contributed by atoms with Gasteiger partial charge in [0.1, 0.15) is 11.0 Å². The number of nitrogens with two attached hydrogens (primary N) is 1. The zero-order valence-corrected chi connectivity index (χ0v) is 10.9. The molecule has 18 heavy (non-hydrogen) atoms. The molecule has 1 aliphatic heterocycles. The van der Waals surface area contributed by atoms with E-state index in [0.717, 1.165) is 6.42 Å². The quantitative estimate of drug-likeness (QED) is 0.797. The highest BCUT2D eigenvalue weighted by Gasteiger charge is 2.24. The Hall–Kier alpha value is -1.33. The summed E-state index contributed by atoms with van der Waals surface area (Å²) < 4.78 is 5.34. The first-order chi connectivity index (χ1) is 8.56. The van der Waals surface area contributed by atoms with Crippen molar-refractivity contribution >= 4 is 23.3 Å². The molecule has 0 bridgehead atoms. The predicted octanol–water partition coefficient (Wildman–Crippen LogP) is 1.47. The van der Waals surface area contributed by atoms with Gasteiger partial charge in [0.05, 0.1) is 6.61 Å². The summed E-state index contributed by atoms with van der Waals surface area (Å²) in [6.45, 7) is 3.40. The number of ether oxygens (including phenoxy) is 1. The molecule has 98 valence electrons. The van der Waals surface area contributed by atoms with Crippen molar-refractivity contribution in [1.82, 2.24) is 10.3 Å². The van der Waals surface area contributed by atoms with Crippen LogP contribution in [0.5, 0.6) is 0 Å². The summed E-state index contributed by atoms with van der Waals surface area (Å²) in [7, 11) is 0. The molecule has 0 aliphatic carbocycles. The standard InChI is InChI=1S/C12H16ClN3O2/c1-7-6-18-3-2-9(7)15-12(17)8-4-10(13)16-11(14)5-8/h4-5,7,9H,2-3,6H2,1H3,(H2,14,16)(H,15,17). The number of nitrogens with zero attached hydrogens (tertiary/aromatic N) is 1. The molecule has 0 aromatic carbocycles. The molecule has 1 aromatic rings. The minimum absolute atomic E-state index is 0.124. The van der Waals surface area contributed by atoms with Gasteiger partial charge in [-0.2, -0.15) is 0 Å². The molecule has 2 atom stereocenters. The number of pyridine rings is 1. The zero-order chi connectivity index (χ0) is 13.1. The summed E-state index contributed by atoms with van der Waals surface area (Å²) in [5.41, 5.74) is 6.00. The van der Waals surface area contributed by atoms with E-state index in [9.17, 15) is 4.79 Å². The van der Waals surface area contributed by atoms with E-state index >= 15 is 0 Å². The Labute approximate surface area is 111 Å². The van der Waals surface area contributed by atoms with Crippen LogP contribution in [0.25, 0.3) is 0 Å². The van der Waals surface area contributed by atoms with Crippen LogP contribution >= 0.6 is 11.6 Å². The lowest BCUT2D eigenvalue weighted by atomic mass is 9.97. The van der Waals surface area contributed by atoms with E-state index in [1.807, 2.05) is 0 Å². The maximum Gasteiger partial charge on any atom is 0.251 e. The number of amides is 1. The van der Waals surface area contributed by atoms with E-state index in [2.05, 4.69) is 17.2 Å². The van der Waals surface area contributed by atoms with Gasteiger partial charge >= 0.3 is 0 Å². The number of rotatable bonds is 2. The molecule has 2 unspecified atom stereocenters. The summed E-state index contributed by atoms with van der Waals surface area (Å²) >= 11 is 5.77. The third-order valence-electron chi connectivity index (χ3n) is 3.03. The van der Waals surface area contributed by atoms with Gasteiger partial charge in [-0.15, -0.1) is 0 Å². The number of anilines is 1. The van der Waals surface area contributed by atoms with Crippen molar-refractivity contribution in [2.75, 3.05) is 18.9 Å². The van der Waals surface area contributed by atoms with E-state index in [0.29, 0.717) is 24.7 Å². The SMILES string of the molecule is CC1COCCC1NC(=O)c1cc(N)nc(Cl)c1. The van der Waals surface area contributed by atoms with Gasteiger partial charge in [0.15, 0.2) is 0 Å².